The maximum atomic E-state index is 10.6. The van der Waals surface area contributed by atoms with Gasteiger partial charge in [0.25, 0.3) is 0 Å². The van der Waals surface area contributed by atoms with Crippen molar-refractivity contribution in [1.29, 1.82) is 0 Å². The minimum Gasteiger partial charge on any atom is -0.491 e. The van der Waals surface area contributed by atoms with Gasteiger partial charge in [-0.3, -0.25) is 4.79 Å². The fourth-order valence-electron chi connectivity index (χ4n) is 4.66. The molecule has 3 N–H and O–H groups in total. The van der Waals surface area contributed by atoms with Gasteiger partial charge in [-0.05, 0) is 49.7 Å². The number of benzene rings is 1. The summed E-state index contributed by atoms with van der Waals surface area (Å²) < 4.78 is 11.7. The average Bonchev–Trinajstić information content (AvgIpc) is 2.90. The summed E-state index contributed by atoms with van der Waals surface area (Å²) in [6.45, 7) is 0.858. The van der Waals surface area contributed by atoms with Crippen LogP contribution in [0.2, 0.25) is 0 Å². The summed E-state index contributed by atoms with van der Waals surface area (Å²) in [6.07, 6.45) is 8.02. The second kappa shape index (κ2) is 11.5. The van der Waals surface area contributed by atoms with E-state index in [0.29, 0.717) is 25.4 Å². The molecule has 2 aliphatic rings. The van der Waals surface area contributed by atoms with Crippen LogP contribution in [0.1, 0.15) is 44.9 Å². The molecule has 6 atom stereocenters. The van der Waals surface area contributed by atoms with Gasteiger partial charge >= 0.3 is 5.97 Å². The molecule has 3 rings (SSSR count). The predicted octanol–water partition coefficient (Wildman–Crippen LogP) is 3.42. The predicted molar refractivity (Wildman–Crippen MR) is 113 cm³/mol. The van der Waals surface area contributed by atoms with Crippen molar-refractivity contribution < 1.29 is 29.6 Å². The van der Waals surface area contributed by atoms with Gasteiger partial charge in [0.1, 0.15) is 18.5 Å². The van der Waals surface area contributed by atoms with Crippen molar-refractivity contribution in [3.05, 3.63) is 42.5 Å². The van der Waals surface area contributed by atoms with E-state index in [1.54, 1.807) is 6.08 Å². The van der Waals surface area contributed by atoms with Crippen LogP contribution in [-0.4, -0.2) is 52.8 Å². The minimum atomic E-state index is -0.735. The number of unbranched alkanes of at least 4 members (excludes halogenated alkanes) is 1. The Kier molecular flexibility index (Phi) is 8.73. The highest BCUT2D eigenvalue weighted by atomic mass is 16.5. The first-order chi connectivity index (χ1) is 14.5. The summed E-state index contributed by atoms with van der Waals surface area (Å²) in [5, 5.41) is 29.5. The van der Waals surface area contributed by atoms with Gasteiger partial charge in [0.15, 0.2) is 0 Å². The number of fused-ring (bicyclic) bond motifs is 1. The second-order valence-electron chi connectivity index (χ2n) is 8.58. The van der Waals surface area contributed by atoms with Crippen LogP contribution in [0.3, 0.4) is 0 Å². The van der Waals surface area contributed by atoms with Gasteiger partial charge in [-0.25, -0.2) is 0 Å². The molecule has 30 heavy (non-hydrogen) atoms. The normalized spacial score (nSPS) is 30.0. The molecular formula is C24H34O6. The van der Waals surface area contributed by atoms with Gasteiger partial charge in [0.05, 0.1) is 12.2 Å². The number of aliphatic hydroxyl groups excluding tert-OH is 2. The molecule has 1 unspecified atom stereocenters. The van der Waals surface area contributed by atoms with Crippen molar-refractivity contribution in [2.24, 2.45) is 17.8 Å². The molecule has 0 spiro atoms. The van der Waals surface area contributed by atoms with E-state index < -0.39 is 18.2 Å². The topological polar surface area (TPSA) is 96.2 Å². The Morgan fingerprint density at radius 2 is 2.03 bits per heavy atom. The monoisotopic (exact) mass is 418 g/mol. The maximum Gasteiger partial charge on any atom is 0.303 e. The molecule has 2 fully saturated rings. The van der Waals surface area contributed by atoms with Gasteiger partial charge in [0.2, 0.25) is 0 Å². The van der Waals surface area contributed by atoms with Crippen molar-refractivity contribution >= 4 is 5.97 Å². The zero-order valence-corrected chi connectivity index (χ0v) is 17.4. The Balaban J connectivity index is 1.46. The maximum absolute atomic E-state index is 10.6. The third-order valence-corrected chi connectivity index (χ3v) is 6.32. The van der Waals surface area contributed by atoms with E-state index in [0.717, 1.165) is 31.4 Å². The van der Waals surface area contributed by atoms with E-state index in [4.69, 9.17) is 14.6 Å². The highest BCUT2D eigenvalue weighted by Gasteiger charge is 2.43. The minimum absolute atomic E-state index is 0.0212. The van der Waals surface area contributed by atoms with Gasteiger partial charge in [-0.1, -0.05) is 36.8 Å². The van der Waals surface area contributed by atoms with Crippen LogP contribution in [0.25, 0.3) is 0 Å². The number of para-hydroxylation sites is 1. The van der Waals surface area contributed by atoms with Crippen LogP contribution in [-0.2, 0) is 9.53 Å². The number of carbonyl (C=O) groups is 1. The number of carboxylic acid groups (broad SMARTS) is 1. The number of aliphatic hydroxyl groups is 2. The standard InChI is InChI=1S/C24H34O6/c25-18(16-29-19-7-2-1-3-8-19)11-13-20-21-12-10-17(6-4-5-9-24(27)28)15-30-23(21)14-22(20)26/h1-3,7-8,11,13,17-18,20-23,25-26H,4-6,9-10,12,14-16H2,(H,27,28)/b13-11+/t17?,18-,20-,21-,22-,23+/m1/s1. The molecule has 0 amide bonds. The van der Waals surface area contributed by atoms with E-state index in [9.17, 15) is 15.0 Å². The first-order valence-electron chi connectivity index (χ1n) is 11.1. The van der Waals surface area contributed by atoms with Gasteiger partial charge < -0.3 is 24.8 Å². The fraction of sp³-hybridized carbons (Fsp3) is 0.625. The molecule has 1 heterocycles. The smallest absolute Gasteiger partial charge is 0.303 e. The molecule has 1 aromatic rings. The number of carboxylic acids is 1. The first kappa shape index (κ1) is 22.8. The number of ether oxygens (including phenoxy) is 2. The molecule has 1 aliphatic heterocycles. The van der Waals surface area contributed by atoms with E-state index in [-0.39, 0.29) is 31.0 Å². The Labute approximate surface area is 178 Å². The lowest BCUT2D eigenvalue weighted by Gasteiger charge is -2.21. The lowest BCUT2D eigenvalue weighted by atomic mass is 9.86. The fourth-order valence-corrected chi connectivity index (χ4v) is 4.66. The van der Waals surface area contributed by atoms with Gasteiger partial charge in [-0.2, -0.15) is 0 Å². The van der Waals surface area contributed by atoms with E-state index in [1.807, 2.05) is 36.4 Å². The summed E-state index contributed by atoms with van der Waals surface area (Å²) in [6, 6.07) is 9.39. The Morgan fingerprint density at radius 3 is 2.80 bits per heavy atom. The summed E-state index contributed by atoms with van der Waals surface area (Å²) >= 11 is 0. The number of hydrogen-bond donors (Lipinski definition) is 3. The van der Waals surface area contributed by atoms with Crippen LogP contribution < -0.4 is 4.74 Å². The Bertz CT molecular complexity index is 676. The third-order valence-electron chi connectivity index (χ3n) is 6.32. The van der Waals surface area contributed by atoms with Crippen molar-refractivity contribution in [3.8, 4) is 5.75 Å². The molecule has 1 aromatic carbocycles. The van der Waals surface area contributed by atoms with Crippen molar-refractivity contribution in [2.75, 3.05) is 13.2 Å². The summed E-state index contributed by atoms with van der Waals surface area (Å²) in [7, 11) is 0. The molecular weight excluding hydrogens is 384 g/mol. The molecule has 0 aromatic heterocycles. The SMILES string of the molecule is O=C(O)CCCCC1CC[C@@H]2[C@@H](/C=C/[C@@H](O)COc3ccccc3)[C@H](O)C[C@@H]2OC1. The number of hydrogen-bond acceptors (Lipinski definition) is 5. The second-order valence-corrected chi connectivity index (χ2v) is 8.58. The zero-order chi connectivity index (χ0) is 21.3. The molecule has 6 heteroatoms. The van der Waals surface area contributed by atoms with Crippen molar-refractivity contribution in [3.63, 3.8) is 0 Å². The first-order valence-corrected chi connectivity index (χ1v) is 11.1. The van der Waals surface area contributed by atoms with Crippen molar-refractivity contribution in [2.45, 2.75) is 63.3 Å². The Hall–Kier alpha value is -1.89. The largest absolute Gasteiger partial charge is 0.491 e. The molecule has 0 radical (unpaired) electrons. The van der Waals surface area contributed by atoms with Gasteiger partial charge in [-0.15, -0.1) is 0 Å². The summed E-state index contributed by atoms with van der Waals surface area (Å²) in [5.41, 5.74) is 0. The molecule has 6 nitrogen and oxygen atoms in total. The molecule has 1 saturated heterocycles. The van der Waals surface area contributed by atoms with E-state index in [1.165, 1.54) is 0 Å². The third kappa shape index (κ3) is 6.83. The lowest BCUT2D eigenvalue weighted by molar-refractivity contribution is -0.137. The van der Waals surface area contributed by atoms with Crippen molar-refractivity contribution in [1.82, 2.24) is 0 Å². The van der Waals surface area contributed by atoms with Crippen LogP contribution in [0.15, 0.2) is 42.5 Å². The van der Waals surface area contributed by atoms with Crippen LogP contribution in [0.5, 0.6) is 5.75 Å². The lowest BCUT2D eigenvalue weighted by Crippen LogP contribution is -2.22. The summed E-state index contributed by atoms with van der Waals surface area (Å²) in [4.78, 5) is 10.6. The number of aliphatic carboxylic acids is 1. The zero-order valence-electron chi connectivity index (χ0n) is 17.4. The van der Waals surface area contributed by atoms with Crippen LogP contribution >= 0.6 is 0 Å². The van der Waals surface area contributed by atoms with E-state index >= 15 is 0 Å². The summed E-state index contributed by atoms with van der Waals surface area (Å²) in [5.74, 6) is 0.671. The highest BCUT2D eigenvalue weighted by molar-refractivity contribution is 5.66. The highest BCUT2D eigenvalue weighted by Crippen LogP contribution is 2.42. The molecule has 0 bridgehead atoms. The van der Waals surface area contributed by atoms with Gasteiger partial charge in [0, 0.05) is 25.4 Å². The van der Waals surface area contributed by atoms with E-state index in [2.05, 4.69) is 0 Å². The van der Waals surface area contributed by atoms with Crippen LogP contribution in [0.4, 0.5) is 0 Å². The molecule has 1 saturated carbocycles. The molecule has 166 valence electrons. The van der Waals surface area contributed by atoms with Crippen LogP contribution in [0, 0.1) is 17.8 Å². The quantitative estimate of drug-likeness (QED) is 0.398. The number of rotatable bonds is 10. The molecule has 1 aliphatic carbocycles. The Morgan fingerprint density at radius 1 is 1.23 bits per heavy atom. The average molecular weight is 419 g/mol.